The summed E-state index contributed by atoms with van der Waals surface area (Å²) in [5.41, 5.74) is 0.514. The molecule has 3 aromatic rings. The second-order valence-corrected chi connectivity index (χ2v) is 10.6. The fourth-order valence-electron chi connectivity index (χ4n) is 5.50. The lowest BCUT2D eigenvalue weighted by atomic mass is 9.97. The van der Waals surface area contributed by atoms with Gasteiger partial charge in [0.25, 0.3) is 0 Å². The van der Waals surface area contributed by atoms with Gasteiger partial charge in [-0.3, -0.25) is 4.79 Å². The molecule has 16 nitrogen and oxygen atoms in total. The summed E-state index contributed by atoms with van der Waals surface area (Å²) in [5, 5.41) is 71.6. The topological polar surface area (TPSA) is 236 Å². The second kappa shape index (κ2) is 12.7. The first-order valence-corrected chi connectivity index (χ1v) is 13.9. The van der Waals surface area contributed by atoms with Crippen LogP contribution in [0.2, 0.25) is 0 Å². The number of hydrogen-bond acceptors (Lipinski definition) is 16. The van der Waals surface area contributed by atoms with Crippen LogP contribution >= 0.6 is 0 Å². The minimum Gasteiger partial charge on any atom is -0.492 e. The smallest absolute Gasteiger partial charge is 0.231 e. The van der Waals surface area contributed by atoms with Crippen LogP contribution in [0.25, 0.3) is 22.1 Å². The normalized spacial score (nSPS) is 32.9. The molecule has 244 valence electrons. The Labute approximate surface area is 254 Å². The Morgan fingerprint density at radius 2 is 1.53 bits per heavy atom. The molecule has 0 unspecified atom stereocenters. The van der Waals surface area contributed by atoms with Crippen molar-refractivity contribution in [1.29, 1.82) is 0 Å². The summed E-state index contributed by atoms with van der Waals surface area (Å²) in [7, 11) is 1.40. The fourth-order valence-corrected chi connectivity index (χ4v) is 5.50. The number of rotatable bonds is 8. The molecule has 2 fully saturated rings. The van der Waals surface area contributed by atoms with Crippen LogP contribution in [0.1, 0.15) is 0 Å². The Morgan fingerprint density at radius 1 is 0.844 bits per heavy atom. The van der Waals surface area contributed by atoms with E-state index in [1.807, 2.05) is 0 Å². The summed E-state index contributed by atoms with van der Waals surface area (Å²) in [6.45, 7) is -1.45. The molecule has 6 rings (SSSR count). The third kappa shape index (κ3) is 5.59. The number of benzene rings is 2. The fraction of sp³-hybridized carbons (Fsp3) is 0.483. The van der Waals surface area contributed by atoms with E-state index in [-0.39, 0.29) is 40.3 Å². The predicted molar refractivity (Wildman–Crippen MR) is 148 cm³/mol. The van der Waals surface area contributed by atoms with E-state index in [4.69, 9.17) is 37.6 Å². The lowest BCUT2D eigenvalue weighted by molar-refractivity contribution is -0.352. The summed E-state index contributed by atoms with van der Waals surface area (Å²) in [4.78, 5) is 13.5. The molecule has 2 aromatic carbocycles. The third-order valence-corrected chi connectivity index (χ3v) is 7.94. The van der Waals surface area contributed by atoms with Gasteiger partial charge in [-0.15, -0.1) is 0 Å². The molecule has 3 aliphatic heterocycles. The largest absolute Gasteiger partial charge is 0.492 e. The van der Waals surface area contributed by atoms with Gasteiger partial charge in [0.1, 0.15) is 71.8 Å². The maximum absolute atomic E-state index is 13.5. The van der Waals surface area contributed by atoms with Crippen molar-refractivity contribution < 1.29 is 73.3 Å². The first-order chi connectivity index (χ1) is 21.7. The maximum Gasteiger partial charge on any atom is 0.231 e. The molecule has 4 heterocycles. The van der Waals surface area contributed by atoms with Crippen molar-refractivity contribution in [3.8, 4) is 34.1 Å². The van der Waals surface area contributed by atoms with Gasteiger partial charge in [-0.25, -0.2) is 0 Å². The molecule has 1 aromatic heterocycles. The monoisotopic (exact) mass is 636 g/mol. The van der Waals surface area contributed by atoms with Crippen molar-refractivity contribution in [2.45, 2.75) is 61.4 Å². The molecule has 7 N–H and O–H groups in total. The van der Waals surface area contributed by atoms with E-state index in [9.17, 15) is 40.5 Å². The molecule has 16 heteroatoms. The number of hydrogen-bond donors (Lipinski definition) is 7. The highest BCUT2D eigenvalue weighted by Gasteiger charge is 2.51. The van der Waals surface area contributed by atoms with Crippen LogP contribution in [0.5, 0.6) is 23.0 Å². The SMILES string of the molecule is COc1c2c(cc3occ(-c4ccc(O[C@@H]5O[C@H](CO)[C@@H](O)[C@H](O[C@@H]6O[C@H](CO)[C@@H](O)[C@H](O)[C@H]6O)[C@H]5O)cc4)c(=O)c13)OCO2. The van der Waals surface area contributed by atoms with E-state index in [2.05, 4.69) is 0 Å². The molecule has 0 radical (unpaired) electrons. The first kappa shape index (κ1) is 31.4. The van der Waals surface area contributed by atoms with E-state index in [0.717, 1.165) is 0 Å². The van der Waals surface area contributed by atoms with Crippen LogP contribution in [0.3, 0.4) is 0 Å². The number of aliphatic hydroxyl groups excluding tert-OH is 7. The highest BCUT2D eigenvalue weighted by atomic mass is 16.7. The molecule has 0 spiro atoms. The Bertz CT molecular complexity index is 1560. The Morgan fingerprint density at radius 3 is 2.22 bits per heavy atom. The quantitative estimate of drug-likeness (QED) is 0.144. The number of methoxy groups -OCH3 is 1. The summed E-state index contributed by atoms with van der Waals surface area (Å²) in [6, 6.07) is 7.63. The van der Waals surface area contributed by atoms with Gasteiger partial charge in [0, 0.05) is 6.07 Å². The number of ether oxygens (including phenoxy) is 7. The van der Waals surface area contributed by atoms with E-state index >= 15 is 0 Å². The standard InChI is InChI=1S/C29H32O16/c1-38-26-18-14(6-15-25(26)41-10-40-15)39-9-13(19(18)32)11-2-4-12(5-3-11)42-29-24(37)27(21(34)17(8-31)44-29)45-28-23(36)22(35)20(33)16(7-30)43-28/h2-6,9,16-17,20-24,27-31,33-37H,7-8,10H2,1H3/t16-,17-,20-,21-,22+,23-,24-,27+,28+,29-/m1/s1. The van der Waals surface area contributed by atoms with Gasteiger partial charge in [-0.2, -0.15) is 0 Å². The first-order valence-electron chi connectivity index (χ1n) is 13.9. The highest BCUT2D eigenvalue weighted by molar-refractivity contribution is 5.91. The van der Waals surface area contributed by atoms with Crippen molar-refractivity contribution >= 4 is 11.0 Å². The molecule has 10 atom stereocenters. The molecule has 0 bridgehead atoms. The number of fused-ring (bicyclic) bond motifs is 2. The molecular weight excluding hydrogens is 604 g/mol. The molecule has 0 amide bonds. The van der Waals surface area contributed by atoms with E-state index in [1.165, 1.54) is 25.5 Å². The highest BCUT2D eigenvalue weighted by Crippen LogP contribution is 2.45. The predicted octanol–water partition coefficient (Wildman–Crippen LogP) is -1.80. The Kier molecular flexibility index (Phi) is 8.86. The summed E-state index contributed by atoms with van der Waals surface area (Å²) in [6.07, 6.45) is -14.6. The molecule has 0 saturated carbocycles. The van der Waals surface area contributed by atoms with Gasteiger partial charge in [0.05, 0.1) is 25.9 Å². The average Bonchev–Trinajstić information content (AvgIpc) is 3.52. The minimum atomic E-state index is -1.81. The van der Waals surface area contributed by atoms with Gasteiger partial charge in [0.2, 0.25) is 24.3 Å². The Balaban J connectivity index is 1.21. The lowest BCUT2D eigenvalue weighted by Crippen LogP contribution is -2.65. The van der Waals surface area contributed by atoms with E-state index in [1.54, 1.807) is 18.2 Å². The van der Waals surface area contributed by atoms with Gasteiger partial charge in [-0.1, -0.05) is 12.1 Å². The maximum atomic E-state index is 13.5. The Hall–Kier alpha value is -3.55. The second-order valence-electron chi connectivity index (χ2n) is 10.6. The molecular formula is C29H32O16. The van der Waals surface area contributed by atoms with E-state index in [0.29, 0.717) is 17.1 Å². The number of aliphatic hydroxyl groups is 7. The van der Waals surface area contributed by atoms with Crippen molar-refractivity contribution in [3.63, 3.8) is 0 Å². The summed E-state index contributed by atoms with van der Waals surface area (Å²) < 4.78 is 44.3. The van der Waals surface area contributed by atoms with Crippen molar-refractivity contribution in [2.75, 3.05) is 27.1 Å². The average molecular weight is 637 g/mol. The molecule has 3 aliphatic rings. The zero-order chi connectivity index (χ0) is 32.0. The molecule has 0 aliphatic carbocycles. The molecule has 45 heavy (non-hydrogen) atoms. The van der Waals surface area contributed by atoms with E-state index < -0.39 is 74.6 Å². The van der Waals surface area contributed by atoms with Gasteiger partial charge in [-0.05, 0) is 17.7 Å². The zero-order valence-electron chi connectivity index (χ0n) is 23.7. The van der Waals surface area contributed by atoms with Crippen LogP contribution < -0.4 is 24.4 Å². The summed E-state index contributed by atoms with van der Waals surface area (Å²) >= 11 is 0. The van der Waals surface area contributed by atoms with Crippen LogP contribution in [-0.2, 0) is 14.2 Å². The van der Waals surface area contributed by atoms with Crippen LogP contribution in [0, 0.1) is 0 Å². The van der Waals surface area contributed by atoms with Crippen LogP contribution in [0.15, 0.2) is 45.8 Å². The third-order valence-electron chi connectivity index (χ3n) is 7.94. The molecule has 2 saturated heterocycles. The lowest BCUT2D eigenvalue weighted by Gasteiger charge is -2.45. The van der Waals surface area contributed by atoms with Crippen molar-refractivity contribution in [2.24, 2.45) is 0 Å². The van der Waals surface area contributed by atoms with Gasteiger partial charge < -0.3 is 73.3 Å². The minimum absolute atomic E-state index is 0.0252. The van der Waals surface area contributed by atoms with Gasteiger partial charge in [0.15, 0.2) is 17.8 Å². The van der Waals surface area contributed by atoms with Crippen LogP contribution in [0.4, 0.5) is 0 Å². The van der Waals surface area contributed by atoms with Gasteiger partial charge >= 0.3 is 0 Å². The zero-order valence-corrected chi connectivity index (χ0v) is 23.7. The summed E-state index contributed by atoms with van der Waals surface area (Å²) in [5.74, 6) is 1.03. The van der Waals surface area contributed by atoms with Crippen molar-refractivity contribution in [3.05, 3.63) is 46.8 Å². The van der Waals surface area contributed by atoms with Crippen molar-refractivity contribution in [1.82, 2.24) is 0 Å². The van der Waals surface area contributed by atoms with Crippen LogP contribution in [-0.4, -0.2) is 124 Å².